The van der Waals surface area contributed by atoms with Crippen LogP contribution in [0.4, 0.5) is 5.69 Å². The topological polar surface area (TPSA) is 107 Å². The SMILES string of the molecule is CCCC1Sc2ccc(C(=O)O)cc2N(CC(=O)NO)C1=O. The Kier molecular flexibility index (Phi) is 5.04. The van der Waals surface area contributed by atoms with Crippen LogP contribution in [0.5, 0.6) is 0 Å². The maximum Gasteiger partial charge on any atom is 0.335 e. The number of amides is 2. The van der Waals surface area contributed by atoms with Gasteiger partial charge in [0.2, 0.25) is 5.91 Å². The van der Waals surface area contributed by atoms with E-state index in [0.717, 1.165) is 11.3 Å². The average molecular weight is 324 g/mol. The van der Waals surface area contributed by atoms with Crippen molar-refractivity contribution in [2.75, 3.05) is 11.4 Å². The molecule has 0 saturated carbocycles. The number of hydrogen-bond acceptors (Lipinski definition) is 5. The van der Waals surface area contributed by atoms with E-state index < -0.39 is 11.9 Å². The first-order chi connectivity index (χ1) is 10.5. The van der Waals surface area contributed by atoms with Crippen LogP contribution in [0, 0.1) is 0 Å². The number of nitrogens with one attached hydrogen (secondary N) is 1. The number of carbonyl (C=O) groups excluding carboxylic acids is 2. The third-order valence-electron chi connectivity index (χ3n) is 3.28. The number of anilines is 1. The largest absolute Gasteiger partial charge is 0.478 e. The van der Waals surface area contributed by atoms with Gasteiger partial charge in [0, 0.05) is 4.90 Å². The number of hydroxylamine groups is 1. The van der Waals surface area contributed by atoms with Crippen molar-refractivity contribution < 1.29 is 24.7 Å². The molecule has 7 nitrogen and oxygen atoms in total. The summed E-state index contributed by atoms with van der Waals surface area (Å²) in [6.45, 7) is 1.60. The van der Waals surface area contributed by atoms with Crippen molar-refractivity contribution in [3.63, 3.8) is 0 Å². The number of hydrogen-bond donors (Lipinski definition) is 3. The van der Waals surface area contributed by atoms with Crippen molar-refractivity contribution in [2.24, 2.45) is 0 Å². The van der Waals surface area contributed by atoms with Crippen molar-refractivity contribution in [3.05, 3.63) is 23.8 Å². The molecular formula is C14H16N2O5S. The first kappa shape index (κ1) is 16.3. The van der Waals surface area contributed by atoms with E-state index in [1.54, 1.807) is 6.07 Å². The molecule has 8 heteroatoms. The van der Waals surface area contributed by atoms with E-state index in [0.29, 0.717) is 12.1 Å². The number of carboxylic acid groups (broad SMARTS) is 1. The summed E-state index contributed by atoms with van der Waals surface area (Å²) in [5.74, 6) is -2.10. The number of carboxylic acids is 1. The van der Waals surface area contributed by atoms with Crippen LogP contribution in [-0.4, -0.2) is 39.9 Å². The molecule has 1 aromatic carbocycles. The lowest BCUT2D eigenvalue weighted by atomic mass is 10.1. The van der Waals surface area contributed by atoms with Gasteiger partial charge in [-0.25, -0.2) is 10.3 Å². The Bertz CT molecular complexity index is 619. The molecule has 1 aliphatic heterocycles. The fourth-order valence-corrected chi connectivity index (χ4v) is 3.57. The Labute approximate surface area is 131 Å². The van der Waals surface area contributed by atoms with E-state index >= 15 is 0 Å². The third kappa shape index (κ3) is 3.23. The van der Waals surface area contributed by atoms with E-state index in [1.807, 2.05) is 6.92 Å². The second-order valence-electron chi connectivity index (χ2n) is 4.84. The second-order valence-corrected chi connectivity index (χ2v) is 6.09. The maximum absolute atomic E-state index is 12.5. The van der Waals surface area contributed by atoms with Crippen molar-refractivity contribution in [3.8, 4) is 0 Å². The van der Waals surface area contributed by atoms with Crippen LogP contribution >= 0.6 is 11.8 Å². The van der Waals surface area contributed by atoms with E-state index in [9.17, 15) is 14.4 Å². The molecule has 1 atom stereocenters. The zero-order valence-corrected chi connectivity index (χ0v) is 12.7. The minimum Gasteiger partial charge on any atom is -0.478 e. The van der Waals surface area contributed by atoms with Gasteiger partial charge in [0.25, 0.3) is 5.91 Å². The minimum atomic E-state index is -1.11. The van der Waals surface area contributed by atoms with Crippen LogP contribution in [0.2, 0.25) is 0 Å². The highest BCUT2D eigenvalue weighted by molar-refractivity contribution is 8.01. The highest BCUT2D eigenvalue weighted by atomic mass is 32.2. The summed E-state index contributed by atoms with van der Waals surface area (Å²) in [5, 5.41) is 17.4. The normalized spacial score (nSPS) is 17.1. The number of carbonyl (C=O) groups is 3. The Morgan fingerprint density at radius 1 is 1.41 bits per heavy atom. The Morgan fingerprint density at radius 3 is 2.73 bits per heavy atom. The Hall–Kier alpha value is -2.06. The van der Waals surface area contributed by atoms with Crippen LogP contribution < -0.4 is 10.4 Å². The predicted octanol–water partition coefficient (Wildman–Crippen LogP) is 1.50. The molecule has 1 heterocycles. The number of thioether (sulfide) groups is 1. The molecule has 0 aliphatic carbocycles. The standard InChI is InChI=1S/C14H16N2O5S/c1-2-3-11-13(18)16(7-12(17)15-21)9-6-8(14(19)20)4-5-10(9)22-11/h4-6,11,21H,2-3,7H2,1H3,(H,15,17)(H,19,20). The molecule has 2 rings (SSSR count). The zero-order valence-electron chi connectivity index (χ0n) is 11.9. The molecule has 22 heavy (non-hydrogen) atoms. The number of nitrogens with zero attached hydrogens (tertiary/aromatic N) is 1. The van der Waals surface area contributed by atoms with Gasteiger partial charge in [-0.1, -0.05) is 13.3 Å². The molecule has 1 aliphatic rings. The summed E-state index contributed by atoms with van der Waals surface area (Å²) in [7, 11) is 0. The highest BCUT2D eigenvalue weighted by Gasteiger charge is 2.34. The number of aromatic carboxylic acids is 1. The summed E-state index contributed by atoms with van der Waals surface area (Å²) in [6.07, 6.45) is 1.47. The maximum atomic E-state index is 12.5. The average Bonchev–Trinajstić information content (AvgIpc) is 2.50. The first-order valence-electron chi connectivity index (χ1n) is 6.76. The summed E-state index contributed by atoms with van der Waals surface area (Å²) < 4.78 is 0. The highest BCUT2D eigenvalue weighted by Crippen LogP contribution is 2.41. The lowest BCUT2D eigenvalue weighted by molar-refractivity contribution is -0.129. The molecule has 0 fully saturated rings. The first-order valence-corrected chi connectivity index (χ1v) is 7.64. The third-order valence-corrected chi connectivity index (χ3v) is 4.61. The summed E-state index contributed by atoms with van der Waals surface area (Å²) in [6, 6.07) is 4.48. The minimum absolute atomic E-state index is 0.0375. The molecule has 118 valence electrons. The summed E-state index contributed by atoms with van der Waals surface area (Å²) in [4.78, 5) is 37.0. The van der Waals surface area contributed by atoms with Gasteiger partial charge in [0.1, 0.15) is 6.54 Å². The van der Waals surface area contributed by atoms with Gasteiger partial charge in [-0.15, -0.1) is 11.8 Å². The van der Waals surface area contributed by atoms with Gasteiger partial charge in [0.05, 0.1) is 16.5 Å². The molecule has 0 bridgehead atoms. The molecule has 0 saturated heterocycles. The van der Waals surface area contributed by atoms with E-state index in [-0.39, 0.29) is 23.3 Å². The van der Waals surface area contributed by atoms with Gasteiger partial charge in [0.15, 0.2) is 0 Å². The number of rotatable bonds is 5. The van der Waals surface area contributed by atoms with Gasteiger partial charge in [-0.3, -0.25) is 14.8 Å². The monoisotopic (exact) mass is 324 g/mol. The fraction of sp³-hybridized carbons (Fsp3) is 0.357. The lowest BCUT2D eigenvalue weighted by Gasteiger charge is -2.33. The lowest BCUT2D eigenvalue weighted by Crippen LogP contribution is -2.46. The molecule has 1 aromatic rings. The van der Waals surface area contributed by atoms with Gasteiger partial charge in [-0.05, 0) is 24.6 Å². The fourth-order valence-electron chi connectivity index (χ4n) is 2.24. The molecule has 3 N–H and O–H groups in total. The van der Waals surface area contributed by atoms with E-state index in [4.69, 9.17) is 10.3 Å². The Balaban J connectivity index is 2.44. The van der Waals surface area contributed by atoms with E-state index in [1.165, 1.54) is 34.3 Å². The van der Waals surface area contributed by atoms with Crippen LogP contribution in [0.25, 0.3) is 0 Å². The number of benzene rings is 1. The predicted molar refractivity (Wildman–Crippen MR) is 80.2 cm³/mol. The van der Waals surface area contributed by atoms with Gasteiger partial charge >= 0.3 is 5.97 Å². The number of fused-ring (bicyclic) bond motifs is 1. The zero-order chi connectivity index (χ0) is 16.3. The molecule has 2 amide bonds. The Morgan fingerprint density at radius 2 is 2.14 bits per heavy atom. The van der Waals surface area contributed by atoms with Crippen LogP contribution in [0.3, 0.4) is 0 Å². The van der Waals surface area contributed by atoms with Crippen LogP contribution in [-0.2, 0) is 9.59 Å². The molecule has 0 aromatic heterocycles. The van der Waals surface area contributed by atoms with Crippen LogP contribution in [0.15, 0.2) is 23.1 Å². The van der Waals surface area contributed by atoms with Crippen LogP contribution in [0.1, 0.15) is 30.1 Å². The van der Waals surface area contributed by atoms with Crippen molar-refractivity contribution in [2.45, 2.75) is 29.9 Å². The van der Waals surface area contributed by atoms with Gasteiger partial charge < -0.3 is 10.0 Å². The second kappa shape index (κ2) is 6.80. The van der Waals surface area contributed by atoms with Crippen molar-refractivity contribution in [1.82, 2.24) is 5.48 Å². The van der Waals surface area contributed by atoms with Crippen molar-refractivity contribution >= 4 is 35.2 Å². The molecular weight excluding hydrogens is 308 g/mol. The molecule has 0 spiro atoms. The van der Waals surface area contributed by atoms with E-state index in [2.05, 4.69) is 0 Å². The molecule has 0 radical (unpaired) electrons. The summed E-state index contributed by atoms with van der Waals surface area (Å²) >= 11 is 1.37. The smallest absolute Gasteiger partial charge is 0.335 e. The molecule has 1 unspecified atom stereocenters. The quantitative estimate of drug-likeness (QED) is 0.560. The van der Waals surface area contributed by atoms with Gasteiger partial charge in [-0.2, -0.15) is 0 Å². The van der Waals surface area contributed by atoms with Crippen molar-refractivity contribution in [1.29, 1.82) is 0 Å². The summed E-state index contributed by atoms with van der Waals surface area (Å²) in [5.41, 5.74) is 1.91.